The smallest absolute Gasteiger partial charge is 0.121 e. The lowest BCUT2D eigenvalue weighted by Gasteiger charge is -2.14. The van der Waals surface area contributed by atoms with Gasteiger partial charge in [0, 0.05) is 11.4 Å². The molecule has 0 fully saturated rings. The van der Waals surface area contributed by atoms with Crippen LogP contribution in [0.2, 0.25) is 5.02 Å². The predicted molar refractivity (Wildman–Crippen MR) is 77.8 cm³/mol. The Morgan fingerprint density at radius 1 is 1.21 bits per heavy atom. The molecule has 1 atom stereocenters. The molecule has 0 amide bonds. The van der Waals surface area contributed by atoms with Crippen molar-refractivity contribution >= 4 is 11.6 Å². The summed E-state index contributed by atoms with van der Waals surface area (Å²) in [6.45, 7) is 1.96. The number of ether oxygens (including phenoxy) is 1. The predicted octanol–water partition coefficient (Wildman–Crippen LogP) is 3.93. The van der Waals surface area contributed by atoms with Crippen molar-refractivity contribution in [2.24, 2.45) is 0 Å². The van der Waals surface area contributed by atoms with Crippen LogP contribution >= 0.6 is 11.6 Å². The molecule has 0 aliphatic carbocycles. The van der Waals surface area contributed by atoms with Crippen LogP contribution in [0, 0.1) is 6.92 Å². The first-order valence-corrected chi connectivity index (χ1v) is 6.55. The summed E-state index contributed by atoms with van der Waals surface area (Å²) in [5.74, 6) is 0.827. The molecule has 1 unspecified atom stereocenters. The lowest BCUT2D eigenvalue weighted by Crippen LogP contribution is -2.03. The summed E-state index contributed by atoms with van der Waals surface area (Å²) < 4.78 is 5.21. The van der Waals surface area contributed by atoms with Gasteiger partial charge in [0.15, 0.2) is 0 Å². The van der Waals surface area contributed by atoms with Gasteiger partial charge < -0.3 is 9.84 Å². The molecule has 2 nitrogen and oxygen atoms in total. The molecule has 2 aromatic rings. The van der Waals surface area contributed by atoms with Crippen LogP contribution in [0.1, 0.15) is 22.8 Å². The van der Waals surface area contributed by atoms with E-state index in [0.29, 0.717) is 11.4 Å². The topological polar surface area (TPSA) is 29.5 Å². The summed E-state index contributed by atoms with van der Waals surface area (Å²) in [5, 5.41) is 11.0. The second-order valence-corrected chi connectivity index (χ2v) is 4.95. The Hall–Kier alpha value is -1.51. The summed E-state index contributed by atoms with van der Waals surface area (Å²) in [5.41, 5.74) is 2.83. The Morgan fingerprint density at radius 2 is 1.95 bits per heavy atom. The Balaban J connectivity index is 2.18. The molecule has 0 aliphatic rings. The Kier molecular flexibility index (Phi) is 4.46. The van der Waals surface area contributed by atoms with Crippen molar-refractivity contribution in [3.05, 3.63) is 64.2 Å². The normalized spacial score (nSPS) is 12.2. The molecule has 0 saturated heterocycles. The fourth-order valence-electron chi connectivity index (χ4n) is 2.10. The van der Waals surface area contributed by atoms with E-state index in [4.69, 9.17) is 16.3 Å². The van der Waals surface area contributed by atoms with Crippen molar-refractivity contribution in [3.8, 4) is 5.75 Å². The monoisotopic (exact) mass is 276 g/mol. The molecule has 2 rings (SSSR count). The fraction of sp³-hybridized carbons (Fsp3) is 0.250. The van der Waals surface area contributed by atoms with Gasteiger partial charge >= 0.3 is 0 Å². The van der Waals surface area contributed by atoms with Crippen molar-refractivity contribution in [3.63, 3.8) is 0 Å². The summed E-state index contributed by atoms with van der Waals surface area (Å²) >= 11 is 6.10. The third kappa shape index (κ3) is 3.28. The molecule has 3 heteroatoms. The van der Waals surface area contributed by atoms with E-state index in [-0.39, 0.29) is 0 Å². The van der Waals surface area contributed by atoms with Crippen LogP contribution < -0.4 is 4.74 Å². The van der Waals surface area contributed by atoms with Gasteiger partial charge in [0.05, 0.1) is 13.2 Å². The van der Waals surface area contributed by atoms with E-state index in [2.05, 4.69) is 0 Å². The van der Waals surface area contributed by atoms with Crippen molar-refractivity contribution in [1.29, 1.82) is 0 Å². The minimum Gasteiger partial charge on any atom is -0.496 e. The molecular formula is C16H17ClO2. The Bertz CT molecular complexity index is 566. The van der Waals surface area contributed by atoms with Gasteiger partial charge in [-0.15, -0.1) is 0 Å². The van der Waals surface area contributed by atoms with E-state index in [1.807, 2.05) is 49.4 Å². The molecule has 0 spiro atoms. The van der Waals surface area contributed by atoms with Crippen LogP contribution in [0.4, 0.5) is 0 Å². The number of hydrogen-bond donors (Lipinski definition) is 1. The maximum atomic E-state index is 10.3. The molecule has 0 saturated carbocycles. The second-order valence-electron chi connectivity index (χ2n) is 4.54. The lowest BCUT2D eigenvalue weighted by atomic mass is 9.99. The van der Waals surface area contributed by atoms with Crippen LogP contribution in [0.3, 0.4) is 0 Å². The number of hydrogen-bond acceptors (Lipinski definition) is 2. The van der Waals surface area contributed by atoms with Gasteiger partial charge in [-0.3, -0.25) is 0 Å². The second kappa shape index (κ2) is 6.09. The van der Waals surface area contributed by atoms with Gasteiger partial charge in [-0.05, 0) is 41.8 Å². The molecule has 0 bridgehead atoms. The number of benzene rings is 2. The van der Waals surface area contributed by atoms with Gasteiger partial charge in [-0.2, -0.15) is 0 Å². The van der Waals surface area contributed by atoms with Crippen molar-refractivity contribution in [2.75, 3.05) is 7.11 Å². The van der Waals surface area contributed by atoms with E-state index in [1.165, 1.54) is 0 Å². The zero-order chi connectivity index (χ0) is 13.8. The molecular weight excluding hydrogens is 260 g/mol. The Labute approximate surface area is 118 Å². The fourth-order valence-corrected chi connectivity index (χ4v) is 2.31. The maximum Gasteiger partial charge on any atom is 0.121 e. The van der Waals surface area contributed by atoms with Crippen LogP contribution in [0.5, 0.6) is 5.75 Å². The zero-order valence-corrected chi connectivity index (χ0v) is 11.8. The maximum absolute atomic E-state index is 10.3. The van der Waals surface area contributed by atoms with Crippen molar-refractivity contribution < 1.29 is 9.84 Å². The average Bonchev–Trinajstić information content (AvgIpc) is 2.41. The number of aliphatic hydroxyl groups is 1. The third-order valence-corrected chi connectivity index (χ3v) is 3.54. The van der Waals surface area contributed by atoms with Crippen LogP contribution in [0.25, 0.3) is 0 Å². The van der Waals surface area contributed by atoms with Crippen molar-refractivity contribution in [2.45, 2.75) is 19.4 Å². The van der Waals surface area contributed by atoms with E-state index < -0.39 is 6.10 Å². The molecule has 0 radical (unpaired) electrons. The number of halogens is 1. The molecule has 0 aliphatic heterocycles. The van der Waals surface area contributed by atoms with Gasteiger partial charge in [0.1, 0.15) is 5.75 Å². The quantitative estimate of drug-likeness (QED) is 0.917. The first kappa shape index (κ1) is 13.9. The molecule has 19 heavy (non-hydrogen) atoms. The number of aryl methyl sites for hydroxylation is 1. The number of aliphatic hydroxyl groups excluding tert-OH is 1. The van der Waals surface area contributed by atoms with Crippen LogP contribution in [-0.2, 0) is 6.42 Å². The molecule has 2 aromatic carbocycles. The summed E-state index contributed by atoms with van der Waals surface area (Å²) in [4.78, 5) is 0. The third-order valence-electron chi connectivity index (χ3n) is 3.17. The van der Waals surface area contributed by atoms with Gasteiger partial charge in [-0.1, -0.05) is 35.9 Å². The first-order valence-electron chi connectivity index (χ1n) is 6.18. The van der Waals surface area contributed by atoms with E-state index in [0.717, 1.165) is 22.4 Å². The first-order chi connectivity index (χ1) is 9.11. The average molecular weight is 277 g/mol. The zero-order valence-electron chi connectivity index (χ0n) is 11.1. The molecule has 1 N–H and O–H groups in total. The van der Waals surface area contributed by atoms with E-state index in [1.54, 1.807) is 7.11 Å². The van der Waals surface area contributed by atoms with Gasteiger partial charge in [0.25, 0.3) is 0 Å². The highest BCUT2D eigenvalue weighted by Gasteiger charge is 2.12. The molecule has 0 aromatic heterocycles. The van der Waals surface area contributed by atoms with Crippen LogP contribution in [-0.4, -0.2) is 12.2 Å². The molecule has 100 valence electrons. The van der Waals surface area contributed by atoms with Crippen LogP contribution in [0.15, 0.2) is 42.5 Å². The summed E-state index contributed by atoms with van der Waals surface area (Å²) in [6.07, 6.45) is -0.0599. The minimum atomic E-state index is -0.565. The summed E-state index contributed by atoms with van der Waals surface area (Å²) in [7, 11) is 1.64. The van der Waals surface area contributed by atoms with Gasteiger partial charge in [-0.25, -0.2) is 0 Å². The number of rotatable bonds is 4. The SMILES string of the molecule is COc1ccc(C(O)Cc2ccccc2Cl)cc1C. The summed E-state index contributed by atoms with van der Waals surface area (Å²) in [6, 6.07) is 13.3. The minimum absolute atomic E-state index is 0.505. The van der Waals surface area contributed by atoms with E-state index >= 15 is 0 Å². The van der Waals surface area contributed by atoms with E-state index in [9.17, 15) is 5.11 Å². The van der Waals surface area contributed by atoms with Crippen molar-refractivity contribution in [1.82, 2.24) is 0 Å². The molecule has 0 heterocycles. The highest BCUT2D eigenvalue weighted by atomic mass is 35.5. The Morgan fingerprint density at radius 3 is 2.58 bits per heavy atom. The highest BCUT2D eigenvalue weighted by molar-refractivity contribution is 6.31. The highest BCUT2D eigenvalue weighted by Crippen LogP contribution is 2.26. The van der Waals surface area contributed by atoms with Gasteiger partial charge in [0.2, 0.25) is 0 Å². The largest absolute Gasteiger partial charge is 0.496 e. The standard InChI is InChI=1S/C16H17ClO2/c1-11-9-13(7-8-16(11)19-2)15(18)10-12-5-3-4-6-14(12)17/h3-9,15,18H,10H2,1-2H3. The number of methoxy groups -OCH3 is 1. The lowest BCUT2D eigenvalue weighted by molar-refractivity contribution is 0.178.